The van der Waals surface area contributed by atoms with E-state index in [4.69, 9.17) is 10.00 Å². The van der Waals surface area contributed by atoms with Crippen LogP contribution in [0.15, 0.2) is 30.4 Å². The third-order valence-electron chi connectivity index (χ3n) is 1.65. The molecule has 1 aromatic carbocycles. The largest absolute Gasteiger partial charge is 0.506 e. The molecule has 0 saturated carbocycles. The summed E-state index contributed by atoms with van der Waals surface area (Å²) in [6.07, 6.45) is 0. The predicted octanol–water partition coefficient (Wildman–Crippen LogP) is 1.75. The number of aromatic hydroxyl groups is 1. The smallest absolute Gasteiger partial charge is 0.338 e. The molecule has 0 bridgehead atoms. The second-order valence-corrected chi connectivity index (χ2v) is 2.96. The van der Waals surface area contributed by atoms with E-state index in [1.807, 2.05) is 0 Å². The van der Waals surface area contributed by atoms with Crippen LogP contribution in [0.5, 0.6) is 11.5 Å². The molecule has 0 aliphatic heterocycles. The van der Waals surface area contributed by atoms with Crippen LogP contribution in [0.25, 0.3) is 0 Å². The number of phenols is 1. The highest BCUT2D eigenvalue weighted by Gasteiger charge is 2.07. The number of benzene rings is 1. The highest BCUT2D eigenvalue weighted by atomic mass is 16.5. The van der Waals surface area contributed by atoms with Gasteiger partial charge in [0.2, 0.25) is 0 Å². The molecule has 0 amide bonds. The molecule has 76 valence electrons. The van der Waals surface area contributed by atoms with Gasteiger partial charge in [0.1, 0.15) is 17.6 Å². The molecule has 1 rings (SSSR count). The van der Waals surface area contributed by atoms with Gasteiger partial charge in [-0.3, -0.25) is 0 Å². The number of esters is 1. The van der Waals surface area contributed by atoms with Gasteiger partial charge >= 0.3 is 5.97 Å². The number of carbonyl (C=O) groups excluding carboxylic acids is 1. The van der Waals surface area contributed by atoms with Crippen LogP contribution in [0.3, 0.4) is 0 Å². The summed E-state index contributed by atoms with van der Waals surface area (Å²) in [5, 5.41) is 17.9. The average molecular weight is 203 g/mol. The summed E-state index contributed by atoms with van der Waals surface area (Å²) >= 11 is 0. The number of nitrogens with zero attached hydrogens (tertiary/aromatic N) is 1. The van der Waals surface area contributed by atoms with Crippen LogP contribution in [0.2, 0.25) is 0 Å². The minimum absolute atomic E-state index is 0.130. The van der Waals surface area contributed by atoms with E-state index < -0.39 is 5.97 Å². The fourth-order valence-electron chi connectivity index (χ4n) is 0.864. The van der Waals surface area contributed by atoms with Gasteiger partial charge in [-0.1, -0.05) is 6.58 Å². The zero-order valence-electron chi connectivity index (χ0n) is 8.15. The van der Waals surface area contributed by atoms with E-state index in [0.29, 0.717) is 0 Å². The Labute approximate surface area is 87.0 Å². The summed E-state index contributed by atoms with van der Waals surface area (Å²) in [5.74, 6) is -0.608. The summed E-state index contributed by atoms with van der Waals surface area (Å²) in [5.41, 5.74) is 0.393. The van der Waals surface area contributed by atoms with Crippen LogP contribution in [0.4, 0.5) is 0 Å². The molecular formula is C11H9NO3. The second kappa shape index (κ2) is 4.29. The molecule has 0 fully saturated rings. The lowest BCUT2D eigenvalue weighted by molar-refractivity contribution is -0.130. The summed E-state index contributed by atoms with van der Waals surface area (Å²) in [6.45, 7) is 4.94. The first-order valence-electron chi connectivity index (χ1n) is 4.15. The number of hydrogen-bond acceptors (Lipinski definition) is 4. The maximum atomic E-state index is 11.1. The Bertz CT molecular complexity index is 457. The van der Waals surface area contributed by atoms with Crippen LogP contribution in [0, 0.1) is 11.3 Å². The van der Waals surface area contributed by atoms with Crippen LogP contribution in [-0.4, -0.2) is 11.1 Å². The molecule has 0 radical (unpaired) electrons. The molecule has 0 aliphatic carbocycles. The number of nitriles is 1. The van der Waals surface area contributed by atoms with Crippen molar-refractivity contribution in [3.8, 4) is 17.6 Å². The van der Waals surface area contributed by atoms with E-state index in [1.54, 1.807) is 6.07 Å². The van der Waals surface area contributed by atoms with E-state index in [0.717, 1.165) is 0 Å². The summed E-state index contributed by atoms with van der Waals surface area (Å²) in [6, 6.07) is 5.80. The molecule has 0 saturated heterocycles. The third kappa shape index (κ3) is 2.58. The quantitative estimate of drug-likeness (QED) is 0.451. The van der Waals surface area contributed by atoms with Crippen LogP contribution in [-0.2, 0) is 4.79 Å². The monoisotopic (exact) mass is 203 g/mol. The van der Waals surface area contributed by atoms with Gasteiger partial charge in [-0.15, -0.1) is 0 Å². The van der Waals surface area contributed by atoms with E-state index in [2.05, 4.69) is 6.58 Å². The zero-order valence-corrected chi connectivity index (χ0v) is 8.15. The number of ether oxygens (including phenoxy) is 1. The molecule has 15 heavy (non-hydrogen) atoms. The Morgan fingerprint density at radius 3 is 2.73 bits per heavy atom. The van der Waals surface area contributed by atoms with E-state index >= 15 is 0 Å². The first kappa shape index (κ1) is 10.8. The maximum Gasteiger partial charge on any atom is 0.338 e. The Balaban J connectivity index is 2.90. The standard InChI is InChI=1S/C11H9NO3/c1-7(2)11(14)15-9-4-3-8(6-12)10(13)5-9/h3-5,13H,1H2,2H3. The molecular weight excluding hydrogens is 194 g/mol. The zero-order chi connectivity index (χ0) is 11.4. The van der Waals surface area contributed by atoms with Gasteiger partial charge in [0, 0.05) is 11.6 Å². The third-order valence-corrected chi connectivity index (χ3v) is 1.65. The molecule has 4 heteroatoms. The van der Waals surface area contributed by atoms with Crippen molar-refractivity contribution in [3.63, 3.8) is 0 Å². The van der Waals surface area contributed by atoms with Gasteiger partial charge in [-0.05, 0) is 19.1 Å². The van der Waals surface area contributed by atoms with Gasteiger partial charge in [0.25, 0.3) is 0 Å². The lowest BCUT2D eigenvalue weighted by Crippen LogP contribution is -2.07. The minimum Gasteiger partial charge on any atom is -0.506 e. The summed E-state index contributed by atoms with van der Waals surface area (Å²) in [7, 11) is 0. The molecule has 0 aliphatic rings. The van der Waals surface area contributed by atoms with Crippen molar-refractivity contribution in [2.24, 2.45) is 0 Å². The molecule has 0 spiro atoms. The number of hydrogen-bond donors (Lipinski definition) is 1. The first-order valence-corrected chi connectivity index (χ1v) is 4.15. The van der Waals surface area contributed by atoms with Crippen molar-refractivity contribution in [2.45, 2.75) is 6.92 Å². The maximum absolute atomic E-state index is 11.1. The van der Waals surface area contributed by atoms with Crippen molar-refractivity contribution in [1.82, 2.24) is 0 Å². The van der Waals surface area contributed by atoms with Crippen molar-refractivity contribution in [1.29, 1.82) is 5.26 Å². The van der Waals surface area contributed by atoms with Gasteiger partial charge in [0.15, 0.2) is 0 Å². The lowest BCUT2D eigenvalue weighted by atomic mass is 10.2. The van der Waals surface area contributed by atoms with E-state index in [9.17, 15) is 9.90 Å². The van der Waals surface area contributed by atoms with Crippen LogP contribution in [0.1, 0.15) is 12.5 Å². The second-order valence-electron chi connectivity index (χ2n) is 2.96. The van der Waals surface area contributed by atoms with Crippen molar-refractivity contribution >= 4 is 5.97 Å². The molecule has 1 N–H and O–H groups in total. The summed E-state index contributed by atoms with van der Waals surface area (Å²) < 4.78 is 4.85. The minimum atomic E-state index is -0.570. The lowest BCUT2D eigenvalue weighted by Gasteiger charge is -2.04. The normalized spacial score (nSPS) is 9.07. The van der Waals surface area contributed by atoms with Crippen molar-refractivity contribution in [2.75, 3.05) is 0 Å². The van der Waals surface area contributed by atoms with Gasteiger partial charge in [-0.25, -0.2) is 4.79 Å². The number of phenolic OH excluding ortho intramolecular Hbond substituents is 1. The van der Waals surface area contributed by atoms with Crippen molar-refractivity contribution in [3.05, 3.63) is 35.9 Å². The molecule has 4 nitrogen and oxygen atoms in total. The van der Waals surface area contributed by atoms with E-state index in [-0.39, 0.29) is 22.6 Å². The molecule has 0 atom stereocenters. The van der Waals surface area contributed by atoms with Gasteiger partial charge in [-0.2, -0.15) is 5.26 Å². The number of rotatable bonds is 2. The SMILES string of the molecule is C=C(C)C(=O)Oc1ccc(C#N)c(O)c1. The van der Waals surface area contributed by atoms with Gasteiger partial charge < -0.3 is 9.84 Å². The molecule has 1 aromatic rings. The first-order chi connectivity index (χ1) is 7.04. The number of carbonyl (C=O) groups is 1. The highest BCUT2D eigenvalue weighted by Crippen LogP contribution is 2.23. The molecule has 0 aromatic heterocycles. The highest BCUT2D eigenvalue weighted by molar-refractivity contribution is 5.88. The van der Waals surface area contributed by atoms with E-state index in [1.165, 1.54) is 25.1 Å². The Morgan fingerprint density at radius 2 is 2.27 bits per heavy atom. The van der Waals surface area contributed by atoms with Crippen molar-refractivity contribution < 1.29 is 14.6 Å². The predicted molar refractivity (Wildman–Crippen MR) is 53.3 cm³/mol. The fourth-order valence-corrected chi connectivity index (χ4v) is 0.864. The Kier molecular flexibility index (Phi) is 3.09. The van der Waals surface area contributed by atoms with Crippen LogP contribution < -0.4 is 4.74 Å². The fraction of sp³-hybridized carbons (Fsp3) is 0.0909. The molecule has 0 heterocycles. The average Bonchev–Trinajstić information content (AvgIpc) is 2.18. The van der Waals surface area contributed by atoms with Crippen LogP contribution >= 0.6 is 0 Å². The molecule has 0 unspecified atom stereocenters. The van der Waals surface area contributed by atoms with Gasteiger partial charge in [0.05, 0.1) is 5.56 Å². The summed E-state index contributed by atoms with van der Waals surface area (Å²) in [4.78, 5) is 11.1. The Morgan fingerprint density at radius 1 is 1.60 bits per heavy atom. The Hall–Kier alpha value is -2.28. The topological polar surface area (TPSA) is 70.3 Å².